The average Bonchev–Trinajstić information content (AvgIpc) is 2.94. The number of nitrogens with two attached hydrogens (primary N) is 1. The SMILES string of the molecule is CCCOc1cc(N)cc(NC2CCCc3sccc32)c1. The zero-order valence-corrected chi connectivity index (χ0v) is 13.2. The largest absolute Gasteiger partial charge is 0.493 e. The van der Waals surface area contributed by atoms with Gasteiger partial charge in [0, 0.05) is 28.4 Å². The summed E-state index contributed by atoms with van der Waals surface area (Å²) >= 11 is 1.87. The lowest BCUT2D eigenvalue weighted by atomic mass is 9.94. The summed E-state index contributed by atoms with van der Waals surface area (Å²) in [6.07, 6.45) is 4.63. The minimum absolute atomic E-state index is 0.390. The Morgan fingerprint density at radius 3 is 3.14 bits per heavy atom. The van der Waals surface area contributed by atoms with E-state index in [1.807, 2.05) is 29.5 Å². The van der Waals surface area contributed by atoms with Crippen LogP contribution in [0.2, 0.25) is 0 Å². The van der Waals surface area contributed by atoms with Crippen molar-refractivity contribution in [2.75, 3.05) is 17.7 Å². The van der Waals surface area contributed by atoms with Gasteiger partial charge in [0.1, 0.15) is 5.75 Å². The molecule has 1 heterocycles. The lowest BCUT2D eigenvalue weighted by Gasteiger charge is -2.25. The van der Waals surface area contributed by atoms with Crippen LogP contribution in [-0.2, 0) is 6.42 Å². The quantitative estimate of drug-likeness (QED) is 0.793. The van der Waals surface area contributed by atoms with Gasteiger partial charge in [-0.3, -0.25) is 0 Å². The first-order valence-electron chi connectivity index (χ1n) is 7.62. The number of nitrogen functional groups attached to an aromatic ring is 1. The van der Waals surface area contributed by atoms with E-state index in [4.69, 9.17) is 10.5 Å². The van der Waals surface area contributed by atoms with Gasteiger partial charge >= 0.3 is 0 Å². The van der Waals surface area contributed by atoms with E-state index < -0.39 is 0 Å². The van der Waals surface area contributed by atoms with E-state index in [0.717, 1.165) is 30.2 Å². The molecule has 4 heteroatoms. The van der Waals surface area contributed by atoms with Crippen molar-refractivity contribution in [1.82, 2.24) is 0 Å². The predicted octanol–water partition coefficient (Wildman–Crippen LogP) is 4.61. The molecule has 0 spiro atoms. The van der Waals surface area contributed by atoms with Gasteiger partial charge in [-0.25, -0.2) is 0 Å². The molecule has 21 heavy (non-hydrogen) atoms. The third kappa shape index (κ3) is 3.32. The molecule has 2 aromatic rings. The number of aryl methyl sites for hydroxylation is 1. The van der Waals surface area contributed by atoms with Crippen molar-refractivity contribution >= 4 is 22.7 Å². The first kappa shape index (κ1) is 14.3. The van der Waals surface area contributed by atoms with Gasteiger partial charge < -0.3 is 15.8 Å². The van der Waals surface area contributed by atoms with Crippen LogP contribution >= 0.6 is 11.3 Å². The second kappa shape index (κ2) is 6.39. The molecule has 1 atom stereocenters. The molecule has 112 valence electrons. The Balaban J connectivity index is 1.78. The van der Waals surface area contributed by atoms with Crippen molar-refractivity contribution in [3.05, 3.63) is 40.1 Å². The van der Waals surface area contributed by atoms with Crippen LogP contribution in [0.25, 0.3) is 0 Å². The zero-order valence-electron chi connectivity index (χ0n) is 12.4. The molecule has 3 rings (SSSR count). The van der Waals surface area contributed by atoms with Gasteiger partial charge in [-0.2, -0.15) is 0 Å². The molecule has 0 aliphatic heterocycles. The molecular weight excluding hydrogens is 280 g/mol. The fraction of sp³-hybridized carbons (Fsp3) is 0.412. The van der Waals surface area contributed by atoms with E-state index in [9.17, 15) is 0 Å². The van der Waals surface area contributed by atoms with Crippen LogP contribution in [0, 0.1) is 0 Å². The second-order valence-electron chi connectivity index (χ2n) is 5.53. The van der Waals surface area contributed by atoms with Crippen molar-refractivity contribution in [1.29, 1.82) is 0 Å². The van der Waals surface area contributed by atoms with Crippen LogP contribution in [0.4, 0.5) is 11.4 Å². The topological polar surface area (TPSA) is 47.3 Å². The summed E-state index contributed by atoms with van der Waals surface area (Å²) < 4.78 is 5.70. The maximum Gasteiger partial charge on any atom is 0.123 e. The second-order valence-corrected chi connectivity index (χ2v) is 6.53. The number of nitrogens with one attached hydrogen (secondary N) is 1. The normalized spacial score (nSPS) is 17.3. The fourth-order valence-electron chi connectivity index (χ4n) is 2.85. The molecule has 0 radical (unpaired) electrons. The van der Waals surface area contributed by atoms with Crippen molar-refractivity contribution in [3.63, 3.8) is 0 Å². The smallest absolute Gasteiger partial charge is 0.123 e. The standard InChI is InChI=1S/C17H22N2OS/c1-2-7-20-14-10-12(18)9-13(11-14)19-16-4-3-5-17-15(16)6-8-21-17/h6,8-11,16,19H,2-5,7,18H2,1H3. The number of hydrogen-bond acceptors (Lipinski definition) is 4. The molecular formula is C17H22N2OS. The monoisotopic (exact) mass is 302 g/mol. The summed E-state index contributed by atoms with van der Waals surface area (Å²) in [6, 6.07) is 8.56. The summed E-state index contributed by atoms with van der Waals surface area (Å²) in [4.78, 5) is 1.52. The lowest BCUT2D eigenvalue weighted by molar-refractivity contribution is 0.318. The average molecular weight is 302 g/mol. The number of ether oxygens (including phenoxy) is 1. The van der Waals surface area contributed by atoms with Gasteiger partial charge in [0.25, 0.3) is 0 Å². The summed E-state index contributed by atoms with van der Waals surface area (Å²) in [5, 5.41) is 5.82. The fourth-order valence-corrected chi connectivity index (χ4v) is 3.83. The summed E-state index contributed by atoms with van der Waals surface area (Å²) in [6.45, 7) is 2.83. The van der Waals surface area contributed by atoms with Crippen molar-refractivity contribution in [3.8, 4) is 5.75 Å². The first-order valence-corrected chi connectivity index (χ1v) is 8.50. The summed E-state index contributed by atoms with van der Waals surface area (Å²) in [7, 11) is 0. The van der Waals surface area contributed by atoms with E-state index in [2.05, 4.69) is 23.7 Å². The molecule has 0 saturated carbocycles. The molecule has 1 aliphatic rings. The Morgan fingerprint density at radius 2 is 2.29 bits per heavy atom. The number of benzene rings is 1. The highest BCUT2D eigenvalue weighted by atomic mass is 32.1. The Morgan fingerprint density at radius 1 is 1.38 bits per heavy atom. The van der Waals surface area contributed by atoms with Crippen LogP contribution in [0.5, 0.6) is 5.75 Å². The van der Waals surface area contributed by atoms with Crippen molar-refractivity contribution in [2.24, 2.45) is 0 Å². The predicted molar refractivity (Wildman–Crippen MR) is 90.3 cm³/mol. The molecule has 0 bridgehead atoms. The Bertz CT molecular complexity index is 609. The van der Waals surface area contributed by atoms with Crippen LogP contribution in [0.1, 0.15) is 42.7 Å². The number of rotatable bonds is 5. The molecule has 1 aromatic heterocycles. The number of anilines is 2. The van der Waals surface area contributed by atoms with E-state index in [0.29, 0.717) is 6.04 Å². The molecule has 3 nitrogen and oxygen atoms in total. The molecule has 3 N–H and O–H groups in total. The Labute approximate surface area is 130 Å². The van der Waals surface area contributed by atoms with E-state index in [1.165, 1.54) is 29.7 Å². The van der Waals surface area contributed by atoms with Gasteiger partial charge in [0.05, 0.1) is 12.6 Å². The first-order chi connectivity index (χ1) is 10.3. The maximum atomic E-state index is 5.99. The zero-order chi connectivity index (χ0) is 14.7. The Hall–Kier alpha value is -1.68. The van der Waals surface area contributed by atoms with Gasteiger partial charge in [0.2, 0.25) is 0 Å². The van der Waals surface area contributed by atoms with Gasteiger partial charge in [-0.1, -0.05) is 6.92 Å². The van der Waals surface area contributed by atoms with Gasteiger partial charge in [-0.05, 0) is 48.8 Å². The number of fused-ring (bicyclic) bond motifs is 1. The number of hydrogen-bond donors (Lipinski definition) is 2. The summed E-state index contributed by atoms with van der Waals surface area (Å²) in [5.41, 5.74) is 9.23. The van der Waals surface area contributed by atoms with Crippen molar-refractivity contribution in [2.45, 2.75) is 38.6 Å². The van der Waals surface area contributed by atoms with E-state index in [1.54, 1.807) is 0 Å². The van der Waals surface area contributed by atoms with E-state index >= 15 is 0 Å². The molecule has 0 saturated heterocycles. The highest BCUT2D eigenvalue weighted by Crippen LogP contribution is 2.36. The Kier molecular flexibility index (Phi) is 4.34. The number of thiophene rings is 1. The highest BCUT2D eigenvalue weighted by molar-refractivity contribution is 7.10. The molecule has 1 aliphatic carbocycles. The maximum absolute atomic E-state index is 5.99. The van der Waals surface area contributed by atoms with Gasteiger partial charge in [-0.15, -0.1) is 11.3 Å². The van der Waals surface area contributed by atoms with Crippen LogP contribution in [0.15, 0.2) is 29.6 Å². The molecule has 1 unspecified atom stereocenters. The van der Waals surface area contributed by atoms with Crippen LogP contribution in [-0.4, -0.2) is 6.61 Å². The van der Waals surface area contributed by atoms with Crippen molar-refractivity contribution < 1.29 is 4.74 Å². The molecule has 1 aromatic carbocycles. The van der Waals surface area contributed by atoms with E-state index in [-0.39, 0.29) is 0 Å². The molecule has 0 amide bonds. The third-order valence-electron chi connectivity index (χ3n) is 3.79. The minimum atomic E-state index is 0.390. The molecule has 0 fully saturated rings. The van der Waals surface area contributed by atoms with Gasteiger partial charge in [0.15, 0.2) is 0 Å². The lowest BCUT2D eigenvalue weighted by Crippen LogP contribution is -2.15. The third-order valence-corrected chi connectivity index (χ3v) is 4.79. The van der Waals surface area contributed by atoms with Crippen LogP contribution < -0.4 is 15.8 Å². The minimum Gasteiger partial charge on any atom is -0.493 e. The highest BCUT2D eigenvalue weighted by Gasteiger charge is 2.21. The summed E-state index contributed by atoms with van der Waals surface area (Å²) in [5.74, 6) is 0.848. The van der Waals surface area contributed by atoms with Crippen LogP contribution in [0.3, 0.4) is 0 Å².